The highest BCUT2D eigenvalue weighted by Crippen LogP contribution is 2.24. The van der Waals surface area contributed by atoms with Crippen LogP contribution in [0.4, 0.5) is 4.39 Å². The van der Waals surface area contributed by atoms with E-state index >= 15 is 0 Å². The molecule has 1 aliphatic rings. The van der Waals surface area contributed by atoms with Gasteiger partial charge in [-0.05, 0) is 31.2 Å². The van der Waals surface area contributed by atoms with Crippen LogP contribution in [0.1, 0.15) is 18.0 Å². The summed E-state index contributed by atoms with van der Waals surface area (Å²) >= 11 is 0. The molecule has 0 aliphatic carbocycles. The Morgan fingerprint density at radius 2 is 2.41 bits per heavy atom. The first-order valence-electron chi connectivity index (χ1n) is 5.97. The summed E-state index contributed by atoms with van der Waals surface area (Å²) in [6.45, 7) is 2.02. The van der Waals surface area contributed by atoms with Crippen LogP contribution in [0.2, 0.25) is 0 Å². The molecular weight excluding hydrogens is 219 g/mol. The molecule has 1 aliphatic heterocycles. The molecule has 2 unspecified atom stereocenters. The second-order valence-corrected chi connectivity index (χ2v) is 4.49. The Bertz CT molecular complexity index is 366. The summed E-state index contributed by atoms with van der Waals surface area (Å²) in [5.41, 5.74) is 6.75. The van der Waals surface area contributed by atoms with Crippen LogP contribution in [0.25, 0.3) is 0 Å². The first-order valence-corrected chi connectivity index (χ1v) is 5.97. The van der Waals surface area contributed by atoms with Gasteiger partial charge in [-0.15, -0.1) is 0 Å². The van der Waals surface area contributed by atoms with Crippen molar-refractivity contribution in [3.8, 4) is 0 Å². The third kappa shape index (κ3) is 2.83. The first kappa shape index (κ1) is 12.5. The zero-order chi connectivity index (χ0) is 12.3. The number of ether oxygens (including phenoxy) is 1. The zero-order valence-corrected chi connectivity index (χ0v) is 10.1. The van der Waals surface area contributed by atoms with Crippen molar-refractivity contribution in [2.24, 2.45) is 5.73 Å². The fourth-order valence-corrected chi connectivity index (χ4v) is 2.35. The van der Waals surface area contributed by atoms with E-state index in [0.29, 0.717) is 12.6 Å². The molecule has 2 rings (SSSR count). The highest BCUT2D eigenvalue weighted by molar-refractivity contribution is 5.20. The van der Waals surface area contributed by atoms with Gasteiger partial charge in [0.15, 0.2) is 0 Å². The highest BCUT2D eigenvalue weighted by atomic mass is 19.1. The van der Waals surface area contributed by atoms with Crippen molar-refractivity contribution >= 4 is 0 Å². The number of likely N-dealkylation sites (N-methyl/N-ethyl adjacent to an activating group) is 1. The van der Waals surface area contributed by atoms with E-state index in [1.54, 1.807) is 12.1 Å². The van der Waals surface area contributed by atoms with Gasteiger partial charge in [-0.25, -0.2) is 4.39 Å². The molecule has 2 atom stereocenters. The Morgan fingerprint density at radius 1 is 1.59 bits per heavy atom. The third-order valence-electron chi connectivity index (χ3n) is 3.43. The van der Waals surface area contributed by atoms with Crippen molar-refractivity contribution in [3.63, 3.8) is 0 Å². The average Bonchev–Trinajstić information content (AvgIpc) is 2.83. The molecule has 0 bridgehead atoms. The van der Waals surface area contributed by atoms with Crippen molar-refractivity contribution in [1.82, 2.24) is 4.90 Å². The summed E-state index contributed by atoms with van der Waals surface area (Å²) in [5, 5.41) is 0. The number of hydrogen-bond acceptors (Lipinski definition) is 3. The monoisotopic (exact) mass is 238 g/mol. The van der Waals surface area contributed by atoms with Crippen molar-refractivity contribution in [1.29, 1.82) is 0 Å². The van der Waals surface area contributed by atoms with Crippen molar-refractivity contribution in [2.75, 3.05) is 26.8 Å². The minimum absolute atomic E-state index is 0.0531. The van der Waals surface area contributed by atoms with Crippen LogP contribution in [0, 0.1) is 5.82 Å². The van der Waals surface area contributed by atoms with Crippen LogP contribution < -0.4 is 5.73 Å². The van der Waals surface area contributed by atoms with E-state index in [9.17, 15) is 4.39 Å². The number of nitrogens with zero attached hydrogens (tertiary/aromatic N) is 1. The van der Waals surface area contributed by atoms with E-state index in [1.807, 2.05) is 13.1 Å². The molecule has 0 radical (unpaired) electrons. The number of nitrogens with two attached hydrogens (primary N) is 1. The summed E-state index contributed by atoms with van der Waals surface area (Å²) in [7, 11) is 2.03. The molecule has 0 saturated carbocycles. The largest absolute Gasteiger partial charge is 0.380 e. The SMILES string of the molecule is CN(C1CCOC1)C(CN)c1cccc(F)c1. The summed E-state index contributed by atoms with van der Waals surface area (Å²) in [5.74, 6) is -0.211. The summed E-state index contributed by atoms with van der Waals surface area (Å²) < 4.78 is 18.6. The standard InChI is InChI=1S/C13H19FN2O/c1-16(12-5-6-17-9-12)13(8-15)10-3-2-4-11(14)7-10/h2-4,7,12-13H,5-6,8-9,15H2,1H3. The Hall–Kier alpha value is -0.970. The minimum atomic E-state index is -0.211. The van der Waals surface area contributed by atoms with Gasteiger partial charge in [0.25, 0.3) is 0 Å². The molecule has 1 heterocycles. The topological polar surface area (TPSA) is 38.5 Å². The Labute approximate surface area is 101 Å². The van der Waals surface area contributed by atoms with Crippen molar-refractivity contribution < 1.29 is 9.13 Å². The molecule has 1 aromatic rings. The van der Waals surface area contributed by atoms with E-state index in [-0.39, 0.29) is 11.9 Å². The lowest BCUT2D eigenvalue weighted by Gasteiger charge is -2.31. The number of rotatable bonds is 4. The Balaban J connectivity index is 2.14. The van der Waals surface area contributed by atoms with Crippen molar-refractivity contribution in [3.05, 3.63) is 35.6 Å². The number of halogens is 1. The molecule has 0 amide bonds. The van der Waals surface area contributed by atoms with E-state index in [0.717, 1.165) is 25.2 Å². The second-order valence-electron chi connectivity index (χ2n) is 4.49. The number of hydrogen-bond donors (Lipinski definition) is 1. The van der Waals surface area contributed by atoms with E-state index < -0.39 is 0 Å². The maximum atomic E-state index is 13.2. The predicted molar refractivity (Wildman–Crippen MR) is 65.2 cm³/mol. The summed E-state index contributed by atoms with van der Waals surface area (Å²) in [6, 6.07) is 7.10. The van der Waals surface area contributed by atoms with Gasteiger partial charge in [0.1, 0.15) is 5.82 Å². The van der Waals surface area contributed by atoms with Gasteiger partial charge in [-0.2, -0.15) is 0 Å². The van der Waals surface area contributed by atoms with Gasteiger partial charge >= 0.3 is 0 Å². The van der Waals surface area contributed by atoms with Crippen LogP contribution in [0.15, 0.2) is 24.3 Å². The molecule has 2 N–H and O–H groups in total. The molecule has 4 heteroatoms. The molecule has 94 valence electrons. The molecule has 1 fully saturated rings. The van der Waals surface area contributed by atoms with Crippen LogP contribution in [0.3, 0.4) is 0 Å². The average molecular weight is 238 g/mol. The Kier molecular flexibility index (Phi) is 4.10. The van der Waals surface area contributed by atoms with Gasteiger partial charge in [0.2, 0.25) is 0 Å². The van der Waals surface area contributed by atoms with Crippen molar-refractivity contribution in [2.45, 2.75) is 18.5 Å². The highest BCUT2D eigenvalue weighted by Gasteiger charge is 2.26. The van der Waals surface area contributed by atoms with Gasteiger partial charge in [0.05, 0.1) is 6.61 Å². The third-order valence-corrected chi connectivity index (χ3v) is 3.43. The lowest BCUT2D eigenvalue weighted by atomic mass is 10.0. The lowest BCUT2D eigenvalue weighted by molar-refractivity contribution is 0.134. The van der Waals surface area contributed by atoms with E-state index in [4.69, 9.17) is 10.5 Å². The van der Waals surface area contributed by atoms with E-state index in [2.05, 4.69) is 4.90 Å². The molecule has 17 heavy (non-hydrogen) atoms. The van der Waals surface area contributed by atoms with Gasteiger partial charge < -0.3 is 10.5 Å². The van der Waals surface area contributed by atoms with Crippen LogP contribution >= 0.6 is 0 Å². The minimum Gasteiger partial charge on any atom is -0.380 e. The maximum Gasteiger partial charge on any atom is 0.123 e. The van der Waals surface area contributed by atoms with Gasteiger partial charge in [0, 0.05) is 25.2 Å². The predicted octanol–water partition coefficient (Wildman–Crippen LogP) is 1.55. The quantitative estimate of drug-likeness (QED) is 0.865. The van der Waals surface area contributed by atoms with Gasteiger partial charge in [-0.1, -0.05) is 12.1 Å². The second kappa shape index (κ2) is 5.58. The fraction of sp³-hybridized carbons (Fsp3) is 0.538. The van der Waals surface area contributed by atoms with Crippen LogP contribution in [-0.4, -0.2) is 37.7 Å². The maximum absolute atomic E-state index is 13.2. The normalized spacial score (nSPS) is 22.0. The van der Waals surface area contributed by atoms with Crippen LogP contribution in [0.5, 0.6) is 0 Å². The molecular formula is C13H19FN2O. The molecule has 1 saturated heterocycles. The van der Waals surface area contributed by atoms with Gasteiger partial charge in [-0.3, -0.25) is 4.90 Å². The Morgan fingerprint density at radius 3 is 3.00 bits per heavy atom. The lowest BCUT2D eigenvalue weighted by Crippen LogP contribution is -2.39. The summed E-state index contributed by atoms with van der Waals surface area (Å²) in [4.78, 5) is 2.20. The summed E-state index contributed by atoms with van der Waals surface area (Å²) in [6.07, 6.45) is 1.02. The molecule has 1 aromatic carbocycles. The molecule has 3 nitrogen and oxygen atoms in total. The molecule has 0 spiro atoms. The van der Waals surface area contributed by atoms with Crippen LogP contribution in [-0.2, 0) is 4.74 Å². The zero-order valence-electron chi connectivity index (χ0n) is 10.1. The fourth-order valence-electron chi connectivity index (χ4n) is 2.35. The molecule has 0 aromatic heterocycles. The number of benzene rings is 1. The first-order chi connectivity index (χ1) is 8.22. The smallest absolute Gasteiger partial charge is 0.123 e. The van der Waals surface area contributed by atoms with E-state index in [1.165, 1.54) is 6.07 Å².